The molecule has 0 aromatic heterocycles. The van der Waals surface area contributed by atoms with Crippen LogP contribution >= 0.6 is 0 Å². The highest BCUT2D eigenvalue weighted by atomic mass is 35.5. The van der Waals surface area contributed by atoms with E-state index < -0.39 is 5.97 Å². The molecule has 0 bridgehead atoms. The van der Waals surface area contributed by atoms with Crippen LogP contribution in [-0.4, -0.2) is 35.7 Å². The third kappa shape index (κ3) is 4.09. The van der Waals surface area contributed by atoms with E-state index in [9.17, 15) is 4.79 Å². The Bertz CT molecular complexity index is 1240. The lowest BCUT2D eigenvalue weighted by Crippen LogP contribution is -3.00. The van der Waals surface area contributed by atoms with Crippen LogP contribution in [0.15, 0.2) is 52.9 Å². The number of nitrogens with zero attached hydrogens (tertiary/aromatic N) is 2. The normalized spacial score (nSPS) is 10.9. The molecule has 0 atom stereocenters. The molecule has 30 heavy (non-hydrogen) atoms. The van der Waals surface area contributed by atoms with Crippen LogP contribution < -0.4 is 27.7 Å². The van der Waals surface area contributed by atoms with Gasteiger partial charge in [0, 0.05) is 35.1 Å². The number of hydrogen-bond acceptors (Lipinski definition) is 4. The van der Waals surface area contributed by atoms with E-state index in [-0.39, 0.29) is 18.8 Å². The SMILES string of the molecule is CC[N+](CC)=c1ccc2nc3c(cc(NCCC(=O)O)c4ccccc43)oc-2c1.[Cl-]. The Hall–Kier alpha value is -3.12. The average molecular weight is 426 g/mol. The van der Waals surface area contributed by atoms with Crippen molar-refractivity contribution in [1.29, 1.82) is 0 Å². The third-order valence-electron chi connectivity index (χ3n) is 5.16. The second kappa shape index (κ2) is 9.13. The van der Waals surface area contributed by atoms with Gasteiger partial charge in [0.25, 0.3) is 0 Å². The highest BCUT2D eigenvalue weighted by Gasteiger charge is 2.15. The van der Waals surface area contributed by atoms with Crippen LogP contribution in [0.25, 0.3) is 33.3 Å². The summed E-state index contributed by atoms with van der Waals surface area (Å²) in [7, 11) is 0. The second-order valence-electron chi connectivity index (χ2n) is 6.93. The predicted molar refractivity (Wildman–Crippen MR) is 115 cm³/mol. The first-order valence-corrected chi connectivity index (χ1v) is 9.90. The Morgan fingerprint density at radius 3 is 2.53 bits per heavy atom. The van der Waals surface area contributed by atoms with E-state index in [0.29, 0.717) is 12.1 Å². The van der Waals surface area contributed by atoms with Crippen molar-refractivity contribution in [3.05, 3.63) is 53.9 Å². The van der Waals surface area contributed by atoms with E-state index in [4.69, 9.17) is 14.5 Å². The van der Waals surface area contributed by atoms with Crippen molar-refractivity contribution in [2.75, 3.05) is 25.0 Å². The number of benzene rings is 3. The zero-order valence-electron chi connectivity index (χ0n) is 17.0. The molecule has 2 N–H and O–H groups in total. The van der Waals surface area contributed by atoms with E-state index in [0.717, 1.165) is 51.9 Å². The van der Waals surface area contributed by atoms with Crippen molar-refractivity contribution < 1.29 is 26.7 Å². The summed E-state index contributed by atoms with van der Waals surface area (Å²) in [5, 5.41) is 15.2. The van der Waals surface area contributed by atoms with Gasteiger partial charge >= 0.3 is 5.97 Å². The molecule has 0 saturated carbocycles. The summed E-state index contributed by atoms with van der Waals surface area (Å²) in [6, 6.07) is 16.0. The standard InChI is InChI=1S/C23H23N3O3.ClH/c1-3-26(4-2)15-9-10-18-20(13-15)29-21-14-19(24-12-11-22(27)28)16-7-5-6-8-17(16)23(21)25-18;/h5-10,13-14H,3-4,11-12H2,1-2H3,(H,27,28);1H. The highest BCUT2D eigenvalue weighted by Crippen LogP contribution is 2.33. The number of carboxylic acids is 1. The Labute approximate surface area is 180 Å². The van der Waals surface area contributed by atoms with Gasteiger partial charge in [0.05, 0.1) is 12.5 Å². The molecule has 1 aliphatic carbocycles. The van der Waals surface area contributed by atoms with Gasteiger partial charge in [0.15, 0.2) is 11.3 Å². The molecule has 0 amide bonds. The number of aliphatic carboxylic acids is 1. The third-order valence-corrected chi connectivity index (χ3v) is 5.16. The van der Waals surface area contributed by atoms with Crippen molar-refractivity contribution in [2.24, 2.45) is 0 Å². The highest BCUT2D eigenvalue weighted by molar-refractivity contribution is 6.10. The van der Waals surface area contributed by atoms with Crippen LogP contribution in [0.2, 0.25) is 0 Å². The van der Waals surface area contributed by atoms with Crippen molar-refractivity contribution in [3.63, 3.8) is 0 Å². The Morgan fingerprint density at radius 2 is 1.83 bits per heavy atom. The quantitative estimate of drug-likeness (QED) is 0.271. The predicted octanol–water partition coefficient (Wildman–Crippen LogP) is 0.788. The number of hydrogen-bond donors (Lipinski definition) is 2. The van der Waals surface area contributed by atoms with E-state index in [1.165, 1.54) is 0 Å². The number of anilines is 1. The van der Waals surface area contributed by atoms with Gasteiger partial charge in [-0.15, -0.1) is 0 Å². The van der Waals surface area contributed by atoms with Gasteiger partial charge in [-0.1, -0.05) is 24.3 Å². The maximum absolute atomic E-state index is 10.9. The summed E-state index contributed by atoms with van der Waals surface area (Å²) in [5.41, 5.74) is 3.13. The number of halogens is 1. The Morgan fingerprint density at radius 1 is 1.10 bits per heavy atom. The van der Waals surface area contributed by atoms with Gasteiger partial charge < -0.3 is 27.2 Å². The van der Waals surface area contributed by atoms with Gasteiger partial charge in [-0.05, 0) is 19.9 Å². The van der Waals surface area contributed by atoms with Crippen molar-refractivity contribution in [2.45, 2.75) is 20.3 Å². The lowest BCUT2D eigenvalue weighted by atomic mass is 10.1. The number of rotatable bonds is 6. The molecule has 0 saturated heterocycles. The molecule has 4 rings (SSSR count). The fourth-order valence-corrected chi connectivity index (χ4v) is 3.68. The van der Waals surface area contributed by atoms with Gasteiger partial charge in [-0.2, -0.15) is 0 Å². The van der Waals surface area contributed by atoms with E-state index >= 15 is 0 Å². The van der Waals surface area contributed by atoms with Crippen molar-refractivity contribution >= 4 is 33.5 Å². The monoisotopic (exact) mass is 425 g/mol. The van der Waals surface area contributed by atoms with Crippen LogP contribution in [0.5, 0.6) is 0 Å². The molecular formula is C23H24ClN3O3. The Balaban J connectivity index is 0.00000256. The molecule has 2 aromatic carbocycles. The number of carboxylic acid groups (broad SMARTS) is 1. The molecule has 0 spiro atoms. The van der Waals surface area contributed by atoms with Gasteiger partial charge in [-0.3, -0.25) is 4.79 Å². The van der Waals surface area contributed by atoms with Crippen LogP contribution in [0.4, 0.5) is 5.69 Å². The van der Waals surface area contributed by atoms with Gasteiger partial charge in [-0.25, -0.2) is 9.56 Å². The molecule has 0 fully saturated rings. The molecule has 156 valence electrons. The first kappa shape index (κ1) is 21.6. The van der Waals surface area contributed by atoms with Crippen LogP contribution in [-0.2, 0) is 4.79 Å². The molecule has 0 radical (unpaired) electrons. The maximum atomic E-state index is 10.9. The zero-order chi connectivity index (χ0) is 20.4. The first-order valence-electron chi connectivity index (χ1n) is 9.90. The molecule has 0 unspecified atom stereocenters. The minimum Gasteiger partial charge on any atom is -1.00 e. The number of nitrogens with one attached hydrogen (secondary N) is 1. The van der Waals surface area contributed by atoms with E-state index in [1.54, 1.807) is 0 Å². The fourth-order valence-electron chi connectivity index (χ4n) is 3.68. The van der Waals surface area contributed by atoms with Crippen LogP contribution in [0.1, 0.15) is 20.3 Å². The topological polar surface area (TPSA) is 78.4 Å². The summed E-state index contributed by atoms with van der Waals surface area (Å²) in [6.07, 6.45) is 0.0483. The lowest BCUT2D eigenvalue weighted by molar-refractivity contribution is -0.136. The van der Waals surface area contributed by atoms with Crippen molar-refractivity contribution in [3.8, 4) is 11.5 Å². The molecule has 6 nitrogen and oxygen atoms in total. The van der Waals surface area contributed by atoms with E-state index in [1.807, 2.05) is 42.5 Å². The summed E-state index contributed by atoms with van der Waals surface area (Å²) in [4.78, 5) is 15.7. The molecule has 1 heterocycles. The molecule has 1 aliphatic heterocycles. The molecule has 2 aliphatic rings. The molecule has 7 heteroatoms. The summed E-state index contributed by atoms with van der Waals surface area (Å²) < 4.78 is 8.52. The molecule has 2 aromatic rings. The molecular weight excluding hydrogens is 402 g/mol. The second-order valence-corrected chi connectivity index (χ2v) is 6.93. The first-order chi connectivity index (χ1) is 14.1. The fraction of sp³-hybridized carbons (Fsp3) is 0.261. The minimum atomic E-state index is -0.830. The van der Waals surface area contributed by atoms with E-state index in [2.05, 4.69) is 29.8 Å². The number of carbonyl (C=O) groups is 1. The van der Waals surface area contributed by atoms with Gasteiger partial charge in [0.2, 0.25) is 5.36 Å². The van der Waals surface area contributed by atoms with Crippen LogP contribution in [0.3, 0.4) is 0 Å². The largest absolute Gasteiger partial charge is 1.00 e. The van der Waals surface area contributed by atoms with Crippen LogP contribution in [0, 0.1) is 0 Å². The average Bonchev–Trinajstić information content (AvgIpc) is 2.73. The number of fused-ring (bicyclic) bond motifs is 4. The zero-order valence-corrected chi connectivity index (χ0v) is 17.7. The van der Waals surface area contributed by atoms with Gasteiger partial charge in [0.1, 0.15) is 24.3 Å². The minimum absolute atomic E-state index is 0. The lowest BCUT2D eigenvalue weighted by Gasteiger charge is -2.13. The summed E-state index contributed by atoms with van der Waals surface area (Å²) in [6.45, 7) is 6.45. The number of aromatic nitrogens is 1. The summed E-state index contributed by atoms with van der Waals surface area (Å²) in [5.74, 6) is -0.0995. The smallest absolute Gasteiger partial charge is 0.305 e. The van der Waals surface area contributed by atoms with Crippen molar-refractivity contribution in [1.82, 2.24) is 9.56 Å². The Kier molecular flexibility index (Phi) is 6.57. The maximum Gasteiger partial charge on any atom is 0.305 e. The summed E-state index contributed by atoms with van der Waals surface area (Å²) >= 11 is 0.